The van der Waals surface area contributed by atoms with Gasteiger partial charge in [0.1, 0.15) is 0 Å². The highest BCUT2D eigenvalue weighted by Crippen LogP contribution is 2.26. The van der Waals surface area contributed by atoms with Crippen molar-refractivity contribution in [1.82, 2.24) is 4.90 Å². The average Bonchev–Trinajstić information content (AvgIpc) is 2.66. The molecule has 1 fully saturated rings. The van der Waals surface area contributed by atoms with Gasteiger partial charge in [0, 0.05) is 13.6 Å². The fourth-order valence-electron chi connectivity index (χ4n) is 2.28. The van der Waals surface area contributed by atoms with Gasteiger partial charge in [0.25, 0.3) is 0 Å². The summed E-state index contributed by atoms with van der Waals surface area (Å²) in [5.74, 6) is 0.778. The lowest BCUT2D eigenvalue weighted by atomic mass is 9.86. The highest BCUT2D eigenvalue weighted by Gasteiger charge is 2.30. The van der Waals surface area contributed by atoms with Crippen LogP contribution in [0, 0.1) is 11.3 Å². The molecule has 1 rings (SSSR count). The third-order valence-electron chi connectivity index (χ3n) is 3.58. The average molecular weight is 263 g/mol. The number of carbonyl (C=O) groups excluding carboxylic acids is 1. The van der Waals surface area contributed by atoms with Gasteiger partial charge in [0.05, 0.1) is 6.04 Å². The maximum absolute atomic E-state index is 12.1. The first-order valence-corrected chi connectivity index (χ1v) is 6.33. The fourth-order valence-corrected chi connectivity index (χ4v) is 2.28. The van der Waals surface area contributed by atoms with E-state index in [1.807, 2.05) is 32.7 Å². The molecule has 4 heteroatoms. The van der Waals surface area contributed by atoms with Gasteiger partial charge in [-0.05, 0) is 24.2 Å². The first-order chi connectivity index (χ1) is 7.32. The molecule has 0 spiro atoms. The maximum Gasteiger partial charge on any atom is 0.239 e. The minimum atomic E-state index is -0.390. The van der Waals surface area contributed by atoms with Crippen LogP contribution in [0.15, 0.2) is 0 Å². The molecule has 17 heavy (non-hydrogen) atoms. The number of carbonyl (C=O) groups is 1. The SMILES string of the molecule is CN(CC1CCCC1)C(=O)[C@@H](N)C(C)(C)C.Cl. The van der Waals surface area contributed by atoms with Crippen molar-refractivity contribution in [1.29, 1.82) is 0 Å². The van der Waals surface area contributed by atoms with Gasteiger partial charge in [0.2, 0.25) is 5.91 Å². The van der Waals surface area contributed by atoms with Gasteiger partial charge in [-0.15, -0.1) is 12.4 Å². The lowest BCUT2D eigenvalue weighted by molar-refractivity contribution is -0.134. The van der Waals surface area contributed by atoms with Crippen molar-refractivity contribution in [3.05, 3.63) is 0 Å². The summed E-state index contributed by atoms with van der Waals surface area (Å²) in [5.41, 5.74) is 5.83. The third kappa shape index (κ3) is 4.84. The van der Waals surface area contributed by atoms with Crippen molar-refractivity contribution < 1.29 is 4.79 Å². The van der Waals surface area contributed by atoms with Gasteiger partial charge in [-0.3, -0.25) is 4.79 Å². The van der Waals surface area contributed by atoms with Crippen molar-refractivity contribution in [3.8, 4) is 0 Å². The first-order valence-electron chi connectivity index (χ1n) is 6.33. The molecule has 2 N–H and O–H groups in total. The number of halogens is 1. The van der Waals surface area contributed by atoms with Crippen molar-refractivity contribution in [2.75, 3.05) is 13.6 Å². The second kappa shape index (κ2) is 6.60. The van der Waals surface area contributed by atoms with Crippen LogP contribution in [-0.2, 0) is 4.79 Å². The lowest BCUT2D eigenvalue weighted by Gasteiger charge is -2.31. The first kappa shape index (κ1) is 16.7. The standard InChI is InChI=1S/C13H26N2O.ClH/c1-13(2,3)11(14)12(16)15(4)9-10-7-5-6-8-10;/h10-11H,5-9,14H2,1-4H3;1H/t11-;/m1./s1. The van der Waals surface area contributed by atoms with Crippen LogP contribution in [0.3, 0.4) is 0 Å². The van der Waals surface area contributed by atoms with Crippen LogP contribution in [0.2, 0.25) is 0 Å². The summed E-state index contributed by atoms with van der Waals surface area (Å²) in [6.07, 6.45) is 5.17. The van der Waals surface area contributed by atoms with Crippen LogP contribution in [0.4, 0.5) is 0 Å². The van der Waals surface area contributed by atoms with Crippen molar-refractivity contribution >= 4 is 18.3 Å². The topological polar surface area (TPSA) is 46.3 Å². The molecule has 0 radical (unpaired) electrons. The highest BCUT2D eigenvalue weighted by molar-refractivity contribution is 5.85. The number of amides is 1. The summed E-state index contributed by atoms with van der Waals surface area (Å²) in [4.78, 5) is 13.9. The van der Waals surface area contributed by atoms with E-state index in [1.54, 1.807) is 0 Å². The maximum atomic E-state index is 12.1. The summed E-state index contributed by atoms with van der Waals surface area (Å²) in [6.45, 7) is 6.92. The minimum Gasteiger partial charge on any atom is -0.344 e. The highest BCUT2D eigenvalue weighted by atomic mass is 35.5. The van der Waals surface area contributed by atoms with Crippen molar-refractivity contribution in [2.24, 2.45) is 17.1 Å². The van der Waals surface area contributed by atoms with E-state index in [9.17, 15) is 4.79 Å². The van der Waals surface area contributed by atoms with Crippen LogP contribution in [-0.4, -0.2) is 30.4 Å². The number of nitrogens with two attached hydrogens (primary N) is 1. The van der Waals surface area contributed by atoms with Gasteiger partial charge in [-0.2, -0.15) is 0 Å². The van der Waals surface area contributed by atoms with E-state index in [0.717, 1.165) is 6.54 Å². The predicted molar refractivity (Wildman–Crippen MR) is 74.3 cm³/mol. The van der Waals surface area contributed by atoms with Gasteiger partial charge in [-0.25, -0.2) is 0 Å². The van der Waals surface area contributed by atoms with E-state index in [0.29, 0.717) is 5.92 Å². The van der Waals surface area contributed by atoms with E-state index in [4.69, 9.17) is 5.73 Å². The Hall–Kier alpha value is -0.280. The Kier molecular flexibility index (Phi) is 6.49. The summed E-state index contributed by atoms with van der Waals surface area (Å²) in [7, 11) is 1.88. The van der Waals surface area contributed by atoms with Crippen LogP contribution in [0.25, 0.3) is 0 Å². The zero-order valence-electron chi connectivity index (χ0n) is 11.5. The van der Waals surface area contributed by atoms with Crippen LogP contribution in [0.1, 0.15) is 46.5 Å². The summed E-state index contributed by atoms with van der Waals surface area (Å²) in [5, 5.41) is 0. The predicted octanol–water partition coefficient (Wildman–Crippen LogP) is 2.43. The fraction of sp³-hybridized carbons (Fsp3) is 0.923. The molecule has 0 aromatic heterocycles. The van der Waals surface area contributed by atoms with E-state index < -0.39 is 0 Å². The lowest BCUT2D eigenvalue weighted by Crippen LogP contribution is -2.50. The largest absolute Gasteiger partial charge is 0.344 e. The molecule has 1 saturated carbocycles. The number of hydrogen-bond donors (Lipinski definition) is 1. The molecular weight excluding hydrogens is 236 g/mol. The molecule has 3 nitrogen and oxygen atoms in total. The molecule has 0 aliphatic heterocycles. The van der Waals surface area contributed by atoms with E-state index in [-0.39, 0.29) is 29.8 Å². The van der Waals surface area contributed by atoms with E-state index >= 15 is 0 Å². The molecule has 1 atom stereocenters. The van der Waals surface area contributed by atoms with Crippen molar-refractivity contribution in [2.45, 2.75) is 52.5 Å². The zero-order valence-corrected chi connectivity index (χ0v) is 12.3. The number of likely N-dealkylation sites (N-methyl/N-ethyl adjacent to an activating group) is 1. The van der Waals surface area contributed by atoms with Crippen molar-refractivity contribution in [3.63, 3.8) is 0 Å². The normalized spacial score (nSPS) is 18.6. The van der Waals surface area contributed by atoms with Crippen LogP contribution < -0.4 is 5.73 Å². The Morgan fingerprint density at radius 2 is 1.82 bits per heavy atom. The van der Waals surface area contributed by atoms with Gasteiger partial charge < -0.3 is 10.6 Å². The van der Waals surface area contributed by atoms with E-state index in [1.165, 1.54) is 25.7 Å². The molecule has 0 unspecified atom stereocenters. The minimum absolute atomic E-state index is 0. The molecule has 0 saturated heterocycles. The van der Waals surface area contributed by atoms with E-state index in [2.05, 4.69) is 0 Å². The molecule has 0 bridgehead atoms. The molecule has 1 amide bonds. The second-order valence-electron chi connectivity index (χ2n) is 6.21. The summed E-state index contributed by atoms with van der Waals surface area (Å²) >= 11 is 0. The second-order valence-corrected chi connectivity index (χ2v) is 6.21. The smallest absolute Gasteiger partial charge is 0.239 e. The molecular formula is C13H27ClN2O. The monoisotopic (exact) mass is 262 g/mol. The summed E-state index contributed by atoms with van der Waals surface area (Å²) in [6, 6.07) is -0.390. The Morgan fingerprint density at radius 3 is 2.24 bits per heavy atom. The number of hydrogen-bond acceptors (Lipinski definition) is 2. The van der Waals surface area contributed by atoms with Crippen LogP contribution >= 0.6 is 12.4 Å². The number of nitrogens with zero attached hydrogens (tertiary/aromatic N) is 1. The molecule has 0 heterocycles. The van der Waals surface area contributed by atoms with Gasteiger partial charge in [-0.1, -0.05) is 33.6 Å². The molecule has 0 aromatic carbocycles. The Labute approximate surface area is 112 Å². The zero-order chi connectivity index (χ0) is 12.3. The Balaban J connectivity index is 0.00000256. The Bertz CT molecular complexity index is 244. The molecule has 0 aromatic rings. The van der Waals surface area contributed by atoms with Crippen LogP contribution in [0.5, 0.6) is 0 Å². The quantitative estimate of drug-likeness (QED) is 0.849. The summed E-state index contributed by atoms with van der Waals surface area (Å²) < 4.78 is 0. The van der Waals surface area contributed by atoms with Gasteiger partial charge in [0.15, 0.2) is 0 Å². The van der Waals surface area contributed by atoms with Gasteiger partial charge >= 0.3 is 0 Å². The molecule has 1 aliphatic rings. The molecule has 1 aliphatic carbocycles. The third-order valence-corrected chi connectivity index (χ3v) is 3.58. The molecule has 102 valence electrons. The number of rotatable bonds is 3. The Morgan fingerprint density at radius 1 is 1.35 bits per heavy atom.